The van der Waals surface area contributed by atoms with E-state index in [1.54, 1.807) is 0 Å². The van der Waals surface area contributed by atoms with Gasteiger partial charge in [-0.05, 0) is 57.3 Å². The third kappa shape index (κ3) is 2.77. The van der Waals surface area contributed by atoms with Gasteiger partial charge in [0.2, 0.25) is 0 Å². The SMILES string of the molecule is Cc1ccc(-c2csc3c2=c2c4ccccc4c4c5c(c6ccccc6c=3c25)=c2scc(-c3ccc(C)cc3)c2=4)cc1. The minimum atomic E-state index is 1.29. The first kappa shape index (κ1) is 23.1. The Labute approximate surface area is 249 Å². The quantitative estimate of drug-likeness (QED) is 0.182. The molecule has 0 fully saturated rings. The molecule has 2 heterocycles. The summed E-state index contributed by atoms with van der Waals surface area (Å²) in [5.41, 5.74) is 7.89. The maximum Gasteiger partial charge on any atom is 0.0440 e. The van der Waals surface area contributed by atoms with Crippen molar-refractivity contribution in [2.75, 3.05) is 0 Å². The van der Waals surface area contributed by atoms with E-state index in [2.05, 4.69) is 122 Å². The molecule has 8 aromatic rings. The summed E-state index contributed by atoms with van der Waals surface area (Å²) < 4.78 is 2.83. The van der Waals surface area contributed by atoms with E-state index in [1.807, 2.05) is 22.7 Å². The van der Waals surface area contributed by atoms with E-state index in [1.165, 1.54) is 106 Å². The van der Waals surface area contributed by atoms with Crippen LogP contribution in [0.15, 0.2) is 108 Å². The predicted octanol–water partition coefficient (Wildman–Crippen LogP) is 11.0. The van der Waals surface area contributed by atoms with Crippen molar-refractivity contribution in [1.29, 1.82) is 0 Å². The van der Waals surface area contributed by atoms with Gasteiger partial charge < -0.3 is 0 Å². The fraction of sp³-hybridized carbons (Fsp3) is 0.0500. The van der Waals surface area contributed by atoms with E-state index in [4.69, 9.17) is 0 Å². The highest BCUT2D eigenvalue weighted by Gasteiger charge is 2.23. The van der Waals surface area contributed by atoms with Gasteiger partial charge in [-0.15, -0.1) is 22.7 Å². The zero-order valence-corrected chi connectivity index (χ0v) is 24.8. The Kier molecular flexibility index (Phi) is 4.44. The summed E-state index contributed by atoms with van der Waals surface area (Å²) in [5, 5.41) is 21.7. The first-order valence-corrected chi connectivity index (χ1v) is 16.3. The van der Waals surface area contributed by atoms with E-state index in [0.29, 0.717) is 0 Å². The fourth-order valence-electron chi connectivity index (χ4n) is 7.59. The molecular formula is C40H24S2. The largest absolute Gasteiger partial charge is 0.142 e. The molecule has 42 heavy (non-hydrogen) atoms. The van der Waals surface area contributed by atoms with Crippen molar-refractivity contribution >= 4 is 55.0 Å². The van der Waals surface area contributed by atoms with Crippen LogP contribution in [-0.4, -0.2) is 0 Å². The summed E-state index contributed by atoms with van der Waals surface area (Å²) in [5.74, 6) is 0. The molecule has 0 radical (unpaired) electrons. The van der Waals surface area contributed by atoms with Crippen LogP contribution < -0.4 is 0 Å². The van der Waals surface area contributed by atoms with Gasteiger partial charge in [0.05, 0.1) is 0 Å². The summed E-state index contributed by atoms with van der Waals surface area (Å²) in [6.45, 7) is 4.33. The summed E-state index contributed by atoms with van der Waals surface area (Å²) in [7, 11) is 0. The Bertz CT molecular complexity index is 2690. The van der Waals surface area contributed by atoms with Crippen molar-refractivity contribution in [2.24, 2.45) is 0 Å². The summed E-state index contributed by atoms with van der Waals surface area (Å²) >= 11 is 3.83. The first-order chi connectivity index (χ1) is 20.7. The lowest BCUT2D eigenvalue weighted by atomic mass is 9.93. The van der Waals surface area contributed by atoms with Gasteiger partial charge in [0, 0.05) is 62.3 Å². The molecule has 0 nitrogen and oxygen atoms in total. The van der Waals surface area contributed by atoms with Gasteiger partial charge >= 0.3 is 0 Å². The Morgan fingerprint density at radius 3 is 1.12 bits per heavy atom. The molecule has 2 aliphatic rings. The summed E-state index contributed by atoms with van der Waals surface area (Å²) in [6, 6.07) is 36.4. The van der Waals surface area contributed by atoms with E-state index < -0.39 is 0 Å². The number of hydrogen-bond acceptors (Lipinski definition) is 2. The molecule has 0 aliphatic heterocycles. The van der Waals surface area contributed by atoms with Gasteiger partial charge in [0.15, 0.2) is 0 Å². The van der Waals surface area contributed by atoms with Gasteiger partial charge in [-0.3, -0.25) is 0 Å². The molecular weight excluding hydrogens is 545 g/mol. The van der Waals surface area contributed by atoms with E-state index in [-0.39, 0.29) is 0 Å². The molecule has 0 saturated heterocycles. The number of rotatable bonds is 2. The van der Waals surface area contributed by atoms with Crippen molar-refractivity contribution in [2.45, 2.75) is 13.8 Å². The Balaban J connectivity index is 1.58. The van der Waals surface area contributed by atoms with Gasteiger partial charge in [-0.25, -0.2) is 0 Å². The molecule has 2 aliphatic carbocycles. The number of benzene rings is 6. The van der Waals surface area contributed by atoms with Crippen LogP contribution in [0.25, 0.3) is 54.6 Å². The lowest BCUT2D eigenvalue weighted by Crippen LogP contribution is -1.88. The van der Waals surface area contributed by atoms with Crippen molar-refractivity contribution in [3.8, 4) is 22.3 Å². The lowest BCUT2D eigenvalue weighted by Gasteiger charge is -2.09. The van der Waals surface area contributed by atoms with Crippen LogP contribution in [0.2, 0.25) is 0 Å². The second-order valence-corrected chi connectivity index (χ2v) is 13.5. The van der Waals surface area contributed by atoms with Crippen LogP contribution in [0, 0.1) is 54.2 Å². The molecule has 196 valence electrons. The van der Waals surface area contributed by atoms with Gasteiger partial charge in [-0.1, -0.05) is 108 Å². The zero-order valence-electron chi connectivity index (χ0n) is 23.2. The molecule has 0 N–H and O–H groups in total. The molecule has 0 spiro atoms. The Hall–Kier alpha value is -4.50. The van der Waals surface area contributed by atoms with Crippen LogP contribution in [0.1, 0.15) is 11.1 Å². The number of aryl methyl sites for hydroxylation is 2. The average molecular weight is 569 g/mol. The highest BCUT2D eigenvalue weighted by molar-refractivity contribution is 7.09. The van der Waals surface area contributed by atoms with Crippen LogP contribution in [0.5, 0.6) is 0 Å². The summed E-state index contributed by atoms with van der Waals surface area (Å²) in [6.07, 6.45) is 0. The average Bonchev–Trinajstić information content (AvgIpc) is 3.78. The Morgan fingerprint density at radius 2 is 0.738 bits per heavy atom. The van der Waals surface area contributed by atoms with Crippen LogP contribution in [0.4, 0.5) is 0 Å². The fourth-order valence-corrected chi connectivity index (χ4v) is 9.89. The third-order valence-electron chi connectivity index (χ3n) is 9.44. The molecule has 2 aromatic heterocycles. The van der Waals surface area contributed by atoms with E-state index >= 15 is 0 Å². The van der Waals surface area contributed by atoms with Gasteiger partial charge in [0.1, 0.15) is 0 Å². The molecule has 0 atom stereocenters. The van der Waals surface area contributed by atoms with Crippen LogP contribution in [-0.2, 0) is 0 Å². The second-order valence-electron chi connectivity index (χ2n) is 11.8. The second kappa shape index (κ2) is 8.07. The van der Waals surface area contributed by atoms with Crippen molar-refractivity contribution in [3.05, 3.63) is 159 Å². The zero-order chi connectivity index (χ0) is 27.7. The maximum absolute atomic E-state index is 2.39. The van der Waals surface area contributed by atoms with E-state index in [9.17, 15) is 0 Å². The molecule has 0 saturated carbocycles. The topological polar surface area (TPSA) is 0 Å². The number of thiophene rings is 2. The molecule has 0 bridgehead atoms. The maximum atomic E-state index is 2.39. The van der Waals surface area contributed by atoms with Gasteiger partial charge in [-0.2, -0.15) is 0 Å². The lowest BCUT2D eigenvalue weighted by molar-refractivity contribution is 1.47. The summed E-state index contributed by atoms with van der Waals surface area (Å²) in [4.78, 5) is 0. The molecule has 0 unspecified atom stereocenters. The number of fused-ring (bicyclic) bond motifs is 8. The molecule has 6 aromatic carbocycles. The molecule has 2 heteroatoms. The highest BCUT2D eigenvalue weighted by atomic mass is 32.1. The minimum Gasteiger partial charge on any atom is -0.142 e. The van der Waals surface area contributed by atoms with Crippen LogP contribution >= 0.6 is 22.7 Å². The smallest absolute Gasteiger partial charge is 0.0440 e. The van der Waals surface area contributed by atoms with Crippen molar-refractivity contribution in [1.82, 2.24) is 0 Å². The highest BCUT2D eigenvalue weighted by Crippen LogP contribution is 2.44. The predicted molar refractivity (Wildman–Crippen MR) is 179 cm³/mol. The minimum absolute atomic E-state index is 1.29. The monoisotopic (exact) mass is 568 g/mol. The Morgan fingerprint density at radius 1 is 0.381 bits per heavy atom. The van der Waals surface area contributed by atoms with Gasteiger partial charge in [0.25, 0.3) is 0 Å². The van der Waals surface area contributed by atoms with Crippen molar-refractivity contribution in [3.63, 3.8) is 0 Å². The number of hydrogen-bond donors (Lipinski definition) is 0. The van der Waals surface area contributed by atoms with Crippen molar-refractivity contribution < 1.29 is 0 Å². The third-order valence-corrected chi connectivity index (χ3v) is 11.4. The standard InChI is InChI=1S/C40H24S2/c1-21-11-15-23(16-12-21)29-19-41-39-33-27-9-5-6-10-28(27)34-38-32(26-8-4-3-7-25(26)31(35(29)39)37(33)38)36-30(20-42-40(34)36)24-17-13-22(2)14-18-24/h3-20H,1-2H3. The molecule has 0 amide bonds. The molecule has 10 rings (SSSR count). The first-order valence-electron chi connectivity index (χ1n) is 14.5. The van der Waals surface area contributed by atoms with E-state index in [0.717, 1.165) is 0 Å². The van der Waals surface area contributed by atoms with Crippen LogP contribution in [0.3, 0.4) is 0 Å². The normalized spacial score (nSPS) is 12.5.